The molecule has 0 spiro atoms. The third-order valence-electron chi connectivity index (χ3n) is 1.52. The SMILES string of the molecule is CC(C)NCNCNCNC(C)C. The largest absolute Gasteiger partial charge is 0.302 e. The summed E-state index contributed by atoms with van der Waals surface area (Å²) in [6.07, 6.45) is 0. The van der Waals surface area contributed by atoms with Gasteiger partial charge in [0, 0.05) is 32.1 Å². The minimum absolute atomic E-state index is 0.543. The van der Waals surface area contributed by atoms with E-state index >= 15 is 0 Å². The zero-order valence-corrected chi connectivity index (χ0v) is 9.28. The minimum Gasteiger partial charge on any atom is -0.302 e. The van der Waals surface area contributed by atoms with E-state index in [2.05, 4.69) is 49.0 Å². The monoisotopic (exact) mass is 188 g/mol. The molecule has 80 valence electrons. The van der Waals surface area contributed by atoms with Crippen molar-refractivity contribution in [3.63, 3.8) is 0 Å². The molecule has 4 heteroatoms. The molecule has 0 aliphatic carbocycles. The summed E-state index contributed by atoms with van der Waals surface area (Å²) in [5, 5.41) is 13.0. The van der Waals surface area contributed by atoms with Gasteiger partial charge in [-0.2, -0.15) is 0 Å². The maximum atomic E-state index is 3.27. The third kappa shape index (κ3) is 11.8. The van der Waals surface area contributed by atoms with Gasteiger partial charge in [-0.15, -0.1) is 0 Å². The highest BCUT2D eigenvalue weighted by atomic mass is 15.2. The lowest BCUT2D eigenvalue weighted by Gasteiger charge is -2.12. The highest BCUT2D eigenvalue weighted by Crippen LogP contribution is 1.72. The van der Waals surface area contributed by atoms with Gasteiger partial charge in [-0.05, 0) is 27.7 Å². The fraction of sp³-hybridized carbons (Fsp3) is 1.00. The van der Waals surface area contributed by atoms with Gasteiger partial charge in [-0.3, -0.25) is 10.6 Å². The Kier molecular flexibility index (Phi) is 8.33. The average molecular weight is 188 g/mol. The first-order valence-corrected chi connectivity index (χ1v) is 5.01. The van der Waals surface area contributed by atoms with E-state index in [0.717, 1.165) is 20.0 Å². The lowest BCUT2D eigenvalue weighted by atomic mass is 10.4. The summed E-state index contributed by atoms with van der Waals surface area (Å²) in [5.74, 6) is 0. The van der Waals surface area contributed by atoms with Crippen molar-refractivity contribution in [3.8, 4) is 0 Å². The van der Waals surface area contributed by atoms with Crippen molar-refractivity contribution in [1.82, 2.24) is 21.3 Å². The quantitative estimate of drug-likeness (QED) is 0.321. The Hall–Kier alpha value is -0.160. The van der Waals surface area contributed by atoms with Crippen LogP contribution in [-0.4, -0.2) is 32.1 Å². The highest BCUT2D eigenvalue weighted by Gasteiger charge is 1.91. The molecule has 0 unspecified atom stereocenters. The molecule has 0 saturated carbocycles. The molecule has 4 nitrogen and oxygen atoms in total. The normalized spacial score (nSPS) is 11.5. The Morgan fingerprint density at radius 1 is 0.692 bits per heavy atom. The second kappa shape index (κ2) is 8.44. The fourth-order valence-electron chi connectivity index (χ4n) is 0.766. The van der Waals surface area contributed by atoms with Gasteiger partial charge in [-0.1, -0.05) is 0 Å². The molecule has 0 amide bonds. The molecule has 0 rings (SSSR count). The van der Waals surface area contributed by atoms with Crippen LogP contribution in [0.5, 0.6) is 0 Å². The standard InChI is InChI=1S/C9H24N4/c1-8(2)12-6-10-5-11-7-13-9(3)4/h8-13H,5-7H2,1-4H3. The smallest absolute Gasteiger partial charge is 0.0474 e. The van der Waals surface area contributed by atoms with Crippen LogP contribution in [-0.2, 0) is 0 Å². The molecule has 4 N–H and O–H groups in total. The van der Waals surface area contributed by atoms with Crippen LogP contribution in [0.3, 0.4) is 0 Å². The maximum Gasteiger partial charge on any atom is 0.0474 e. The predicted octanol–water partition coefficient (Wildman–Crippen LogP) is 0.0341. The van der Waals surface area contributed by atoms with Crippen LogP contribution in [0.4, 0.5) is 0 Å². The molecule has 0 saturated heterocycles. The Morgan fingerprint density at radius 2 is 1.08 bits per heavy atom. The summed E-state index contributed by atoms with van der Waals surface area (Å²) in [6, 6.07) is 1.09. The van der Waals surface area contributed by atoms with Gasteiger partial charge in [0.25, 0.3) is 0 Å². The van der Waals surface area contributed by atoms with E-state index in [1.54, 1.807) is 0 Å². The lowest BCUT2D eigenvalue weighted by molar-refractivity contribution is 0.469. The Morgan fingerprint density at radius 3 is 1.38 bits per heavy atom. The molecule has 13 heavy (non-hydrogen) atoms. The summed E-state index contributed by atoms with van der Waals surface area (Å²) in [4.78, 5) is 0. The van der Waals surface area contributed by atoms with Crippen molar-refractivity contribution < 1.29 is 0 Å². The van der Waals surface area contributed by atoms with Crippen LogP contribution < -0.4 is 21.3 Å². The van der Waals surface area contributed by atoms with Crippen molar-refractivity contribution in [2.75, 3.05) is 20.0 Å². The number of rotatable bonds is 8. The van der Waals surface area contributed by atoms with E-state index in [0.29, 0.717) is 12.1 Å². The number of hydrogen-bond donors (Lipinski definition) is 4. The van der Waals surface area contributed by atoms with Gasteiger partial charge >= 0.3 is 0 Å². The Balaban J connectivity index is 2.92. The van der Waals surface area contributed by atoms with Crippen LogP contribution in [0.25, 0.3) is 0 Å². The van der Waals surface area contributed by atoms with Crippen molar-refractivity contribution in [3.05, 3.63) is 0 Å². The van der Waals surface area contributed by atoms with Crippen molar-refractivity contribution in [1.29, 1.82) is 0 Å². The molecule has 0 aromatic rings. The van der Waals surface area contributed by atoms with E-state index in [-0.39, 0.29) is 0 Å². The first-order valence-electron chi connectivity index (χ1n) is 5.01. The predicted molar refractivity (Wildman–Crippen MR) is 57.4 cm³/mol. The molecule has 0 aromatic carbocycles. The van der Waals surface area contributed by atoms with Gasteiger partial charge in [0.15, 0.2) is 0 Å². The van der Waals surface area contributed by atoms with E-state index in [1.807, 2.05) is 0 Å². The summed E-state index contributed by atoms with van der Waals surface area (Å²) < 4.78 is 0. The summed E-state index contributed by atoms with van der Waals surface area (Å²) in [7, 11) is 0. The van der Waals surface area contributed by atoms with Crippen molar-refractivity contribution >= 4 is 0 Å². The molecule has 0 radical (unpaired) electrons. The summed E-state index contributed by atoms with van der Waals surface area (Å²) >= 11 is 0. The topological polar surface area (TPSA) is 48.1 Å². The molecule has 0 fully saturated rings. The third-order valence-corrected chi connectivity index (χ3v) is 1.52. The first-order chi connectivity index (χ1) is 6.13. The molecule has 0 aliphatic rings. The van der Waals surface area contributed by atoms with Gasteiger partial charge in [0.1, 0.15) is 0 Å². The van der Waals surface area contributed by atoms with Gasteiger partial charge < -0.3 is 10.6 Å². The van der Waals surface area contributed by atoms with E-state index < -0.39 is 0 Å². The van der Waals surface area contributed by atoms with Gasteiger partial charge in [0.05, 0.1) is 0 Å². The van der Waals surface area contributed by atoms with Crippen LogP contribution in [0.1, 0.15) is 27.7 Å². The zero-order chi connectivity index (χ0) is 10.1. The van der Waals surface area contributed by atoms with Crippen molar-refractivity contribution in [2.45, 2.75) is 39.8 Å². The molecule has 0 aliphatic heterocycles. The molecular weight excluding hydrogens is 164 g/mol. The minimum atomic E-state index is 0.543. The van der Waals surface area contributed by atoms with E-state index in [9.17, 15) is 0 Å². The molecule has 0 aromatic heterocycles. The molecule has 0 bridgehead atoms. The molecule has 0 atom stereocenters. The van der Waals surface area contributed by atoms with Gasteiger partial charge in [-0.25, -0.2) is 0 Å². The summed E-state index contributed by atoms with van der Waals surface area (Å²) in [6.45, 7) is 11.1. The Bertz CT molecular complexity index is 91.8. The average Bonchev–Trinajstić information content (AvgIpc) is 2.01. The van der Waals surface area contributed by atoms with Crippen LogP contribution >= 0.6 is 0 Å². The molecular formula is C9H24N4. The van der Waals surface area contributed by atoms with Crippen LogP contribution in [0.2, 0.25) is 0 Å². The lowest BCUT2D eigenvalue weighted by Crippen LogP contribution is -2.42. The zero-order valence-electron chi connectivity index (χ0n) is 9.28. The van der Waals surface area contributed by atoms with Crippen LogP contribution in [0.15, 0.2) is 0 Å². The second-order valence-electron chi connectivity index (χ2n) is 3.75. The van der Waals surface area contributed by atoms with Gasteiger partial charge in [0.2, 0.25) is 0 Å². The van der Waals surface area contributed by atoms with E-state index in [1.165, 1.54) is 0 Å². The summed E-state index contributed by atoms with van der Waals surface area (Å²) in [5.41, 5.74) is 0. The van der Waals surface area contributed by atoms with Crippen LogP contribution in [0, 0.1) is 0 Å². The first kappa shape index (κ1) is 12.8. The van der Waals surface area contributed by atoms with Crippen molar-refractivity contribution in [2.24, 2.45) is 0 Å². The maximum absolute atomic E-state index is 3.27. The van der Waals surface area contributed by atoms with E-state index in [4.69, 9.17) is 0 Å². The number of hydrogen-bond acceptors (Lipinski definition) is 4. The molecule has 0 heterocycles. The Labute approximate surface area is 81.9 Å². The number of nitrogens with one attached hydrogen (secondary N) is 4. The second-order valence-corrected chi connectivity index (χ2v) is 3.75. The highest BCUT2D eigenvalue weighted by molar-refractivity contribution is 4.52. The fourth-order valence-corrected chi connectivity index (χ4v) is 0.766.